The Morgan fingerprint density at radius 1 is 1.03 bits per heavy atom. The molecule has 1 heterocycles. The van der Waals surface area contributed by atoms with Gasteiger partial charge in [0.2, 0.25) is 5.91 Å². The zero-order chi connectivity index (χ0) is 25.0. The molecule has 1 fully saturated rings. The molecule has 0 radical (unpaired) electrons. The molecule has 0 aliphatic carbocycles. The van der Waals surface area contributed by atoms with Gasteiger partial charge >= 0.3 is 5.97 Å². The lowest BCUT2D eigenvalue weighted by molar-refractivity contribution is -0.139. The molecule has 4 rings (SSSR count). The van der Waals surface area contributed by atoms with Gasteiger partial charge < -0.3 is 19.9 Å². The van der Waals surface area contributed by atoms with E-state index >= 15 is 0 Å². The second kappa shape index (κ2) is 10.3. The molecule has 0 unspecified atom stereocenters. The van der Waals surface area contributed by atoms with Crippen molar-refractivity contribution in [1.82, 2.24) is 5.32 Å². The van der Waals surface area contributed by atoms with Gasteiger partial charge in [0.25, 0.3) is 0 Å². The minimum absolute atomic E-state index is 0.161. The first kappa shape index (κ1) is 24.4. The fraction of sp³-hybridized carbons (Fsp3) is 0.286. The topological polar surface area (TPSA) is 84.9 Å². The van der Waals surface area contributed by atoms with Crippen molar-refractivity contribution in [2.45, 2.75) is 44.4 Å². The highest BCUT2D eigenvalue weighted by Crippen LogP contribution is 2.47. The Labute approximate surface area is 203 Å². The SMILES string of the molecule is CC(=O)N[C@@]1(C)C[C@@H](c2ccc(F)cc2)O[C@@H](c2cccc(-c3ccccc3)c2OCC(=O)O)C1. The number of nitrogens with one attached hydrogen (secondary N) is 1. The van der Waals surface area contributed by atoms with Crippen LogP contribution in [0.15, 0.2) is 72.8 Å². The number of carboxylic acid groups (broad SMARTS) is 1. The lowest BCUT2D eigenvalue weighted by atomic mass is 9.80. The van der Waals surface area contributed by atoms with E-state index in [1.807, 2.05) is 55.5 Å². The molecule has 3 aromatic carbocycles. The van der Waals surface area contributed by atoms with E-state index in [9.17, 15) is 19.1 Å². The first-order valence-electron chi connectivity index (χ1n) is 11.5. The summed E-state index contributed by atoms with van der Waals surface area (Å²) in [6.07, 6.45) is 0.0201. The summed E-state index contributed by atoms with van der Waals surface area (Å²) in [6, 6.07) is 21.3. The third-order valence-electron chi connectivity index (χ3n) is 6.14. The Kier molecular flexibility index (Phi) is 7.17. The fourth-order valence-corrected chi connectivity index (χ4v) is 4.73. The highest BCUT2D eigenvalue weighted by molar-refractivity contribution is 5.75. The van der Waals surface area contributed by atoms with Crippen molar-refractivity contribution >= 4 is 11.9 Å². The Morgan fingerprint density at radius 3 is 2.37 bits per heavy atom. The molecule has 1 aliphatic heterocycles. The molecule has 0 bridgehead atoms. The molecule has 182 valence electrons. The summed E-state index contributed by atoms with van der Waals surface area (Å²) in [5.74, 6) is -1.16. The number of carbonyl (C=O) groups is 2. The number of benzene rings is 3. The molecule has 7 heteroatoms. The van der Waals surface area contributed by atoms with Crippen LogP contribution in [-0.2, 0) is 14.3 Å². The maximum atomic E-state index is 13.6. The molecular formula is C28H28FNO5. The van der Waals surface area contributed by atoms with Gasteiger partial charge in [-0.15, -0.1) is 0 Å². The van der Waals surface area contributed by atoms with E-state index in [4.69, 9.17) is 9.47 Å². The van der Waals surface area contributed by atoms with E-state index < -0.39 is 30.3 Å². The van der Waals surface area contributed by atoms with Crippen LogP contribution in [-0.4, -0.2) is 29.1 Å². The minimum atomic E-state index is -1.09. The van der Waals surface area contributed by atoms with E-state index in [2.05, 4.69) is 5.32 Å². The standard InChI is InChI=1S/C28H28FNO5/c1-18(31)30-28(2)15-24(20-11-13-21(29)14-12-20)35-25(16-28)23-10-6-9-22(19-7-4-3-5-8-19)27(23)34-17-26(32)33/h3-14,24-25H,15-17H2,1-2H3,(H,30,31)(H,32,33)/t24-,25+,28-/m0/s1. The molecule has 35 heavy (non-hydrogen) atoms. The summed E-state index contributed by atoms with van der Waals surface area (Å²) in [6.45, 7) is 2.92. The number of rotatable bonds is 7. The minimum Gasteiger partial charge on any atom is -0.481 e. The van der Waals surface area contributed by atoms with Gasteiger partial charge in [-0.2, -0.15) is 0 Å². The predicted molar refractivity (Wildman–Crippen MR) is 129 cm³/mol. The summed E-state index contributed by atoms with van der Waals surface area (Å²) in [4.78, 5) is 23.4. The van der Waals surface area contributed by atoms with Gasteiger partial charge in [0.15, 0.2) is 6.61 Å². The van der Waals surface area contributed by atoms with Crippen LogP contribution >= 0.6 is 0 Å². The fourth-order valence-electron chi connectivity index (χ4n) is 4.73. The Morgan fingerprint density at radius 2 is 1.71 bits per heavy atom. The first-order chi connectivity index (χ1) is 16.7. The van der Waals surface area contributed by atoms with Gasteiger partial charge in [-0.3, -0.25) is 4.79 Å². The van der Waals surface area contributed by atoms with Crippen molar-refractivity contribution in [3.63, 3.8) is 0 Å². The predicted octanol–water partition coefficient (Wildman–Crippen LogP) is 5.44. The molecule has 1 saturated heterocycles. The van der Waals surface area contributed by atoms with Gasteiger partial charge in [-0.1, -0.05) is 60.7 Å². The number of para-hydroxylation sites is 1. The number of ether oxygens (including phenoxy) is 2. The monoisotopic (exact) mass is 477 g/mol. The van der Waals surface area contributed by atoms with Gasteiger partial charge in [0, 0.05) is 36.4 Å². The molecule has 0 saturated carbocycles. The zero-order valence-corrected chi connectivity index (χ0v) is 19.7. The number of carboxylic acids is 1. The van der Waals surface area contributed by atoms with E-state index in [1.165, 1.54) is 19.1 Å². The molecule has 1 aliphatic rings. The smallest absolute Gasteiger partial charge is 0.341 e. The molecule has 0 spiro atoms. The normalized spacial score (nSPS) is 21.8. The largest absolute Gasteiger partial charge is 0.481 e. The van der Waals surface area contributed by atoms with Gasteiger partial charge in [0.05, 0.1) is 12.2 Å². The van der Waals surface area contributed by atoms with Crippen molar-refractivity contribution in [3.05, 3.63) is 89.7 Å². The van der Waals surface area contributed by atoms with Crippen molar-refractivity contribution in [2.75, 3.05) is 6.61 Å². The number of hydrogen-bond acceptors (Lipinski definition) is 4. The lowest BCUT2D eigenvalue weighted by Crippen LogP contribution is -2.50. The van der Waals surface area contributed by atoms with Crippen molar-refractivity contribution in [1.29, 1.82) is 0 Å². The van der Waals surface area contributed by atoms with Crippen LogP contribution in [0.1, 0.15) is 50.0 Å². The van der Waals surface area contributed by atoms with Gasteiger partial charge in [-0.25, -0.2) is 9.18 Å². The average Bonchev–Trinajstić information content (AvgIpc) is 2.82. The molecule has 3 atom stereocenters. The van der Waals surface area contributed by atoms with Crippen LogP contribution < -0.4 is 10.1 Å². The van der Waals surface area contributed by atoms with Crippen LogP contribution in [0, 0.1) is 5.82 Å². The lowest BCUT2D eigenvalue weighted by Gasteiger charge is -2.43. The first-order valence-corrected chi connectivity index (χ1v) is 11.5. The third kappa shape index (κ3) is 5.87. The average molecular weight is 478 g/mol. The van der Waals surface area contributed by atoms with E-state index in [-0.39, 0.29) is 11.7 Å². The number of halogens is 1. The van der Waals surface area contributed by atoms with E-state index in [0.717, 1.165) is 16.7 Å². The van der Waals surface area contributed by atoms with Crippen LogP contribution in [0.2, 0.25) is 0 Å². The van der Waals surface area contributed by atoms with Gasteiger partial charge in [-0.05, 0) is 30.2 Å². The Hall–Kier alpha value is -3.71. The second-order valence-corrected chi connectivity index (χ2v) is 9.09. The number of hydrogen-bond donors (Lipinski definition) is 2. The van der Waals surface area contributed by atoms with Crippen LogP contribution in [0.25, 0.3) is 11.1 Å². The van der Waals surface area contributed by atoms with Crippen LogP contribution in [0.4, 0.5) is 4.39 Å². The van der Waals surface area contributed by atoms with Crippen LogP contribution in [0.3, 0.4) is 0 Å². The summed E-state index contributed by atoms with van der Waals surface area (Å²) < 4.78 is 25.9. The number of carbonyl (C=O) groups excluding carboxylic acids is 1. The summed E-state index contributed by atoms with van der Waals surface area (Å²) in [5.41, 5.74) is 2.50. The van der Waals surface area contributed by atoms with E-state index in [0.29, 0.717) is 24.2 Å². The highest BCUT2D eigenvalue weighted by Gasteiger charge is 2.41. The van der Waals surface area contributed by atoms with Crippen molar-refractivity contribution in [3.8, 4) is 16.9 Å². The van der Waals surface area contributed by atoms with Crippen molar-refractivity contribution < 1.29 is 28.6 Å². The second-order valence-electron chi connectivity index (χ2n) is 9.09. The van der Waals surface area contributed by atoms with Crippen molar-refractivity contribution in [2.24, 2.45) is 0 Å². The summed E-state index contributed by atoms with van der Waals surface area (Å²) in [7, 11) is 0. The highest BCUT2D eigenvalue weighted by atomic mass is 19.1. The Bertz CT molecular complexity index is 1200. The quantitative estimate of drug-likeness (QED) is 0.473. The number of aliphatic carboxylic acids is 1. The molecule has 1 amide bonds. The number of amides is 1. The summed E-state index contributed by atoms with van der Waals surface area (Å²) in [5, 5.41) is 12.4. The molecule has 0 aromatic heterocycles. The van der Waals surface area contributed by atoms with E-state index in [1.54, 1.807) is 12.1 Å². The Balaban J connectivity index is 1.78. The third-order valence-corrected chi connectivity index (χ3v) is 6.14. The molecule has 6 nitrogen and oxygen atoms in total. The molecular weight excluding hydrogens is 449 g/mol. The zero-order valence-electron chi connectivity index (χ0n) is 19.7. The molecule has 3 aromatic rings. The van der Waals surface area contributed by atoms with Crippen LogP contribution in [0.5, 0.6) is 5.75 Å². The molecule has 2 N–H and O–H groups in total. The summed E-state index contributed by atoms with van der Waals surface area (Å²) >= 11 is 0. The van der Waals surface area contributed by atoms with Gasteiger partial charge in [0.1, 0.15) is 11.6 Å². The maximum absolute atomic E-state index is 13.6. The maximum Gasteiger partial charge on any atom is 0.341 e.